The summed E-state index contributed by atoms with van der Waals surface area (Å²) in [5, 5.41) is 3.82. The van der Waals surface area contributed by atoms with Gasteiger partial charge in [-0.05, 0) is 36.3 Å². The lowest BCUT2D eigenvalue weighted by molar-refractivity contribution is -0.123. The van der Waals surface area contributed by atoms with Gasteiger partial charge in [-0.3, -0.25) is 4.79 Å². The Labute approximate surface area is 130 Å². The van der Waals surface area contributed by atoms with Crippen LogP contribution in [-0.2, 0) is 4.79 Å². The summed E-state index contributed by atoms with van der Waals surface area (Å²) in [4.78, 5) is 11.6. The van der Waals surface area contributed by atoms with Gasteiger partial charge in [0.05, 0.1) is 0 Å². The minimum Gasteiger partial charge on any atom is -0.484 e. The van der Waals surface area contributed by atoms with Crippen LogP contribution in [0.4, 0.5) is 0 Å². The summed E-state index contributed by atoms with van der Waals surface area (Å²) in [6, 6.07) is 17.4. The van der Waals surface area contributed by atoms with Crippen LogP contribution in [0.5, 0.6) is 5.75 Å². The number of nitrogens with zero attached hydrogens (tertiary/aromatic N) is 1. The van der Waals surface area contributed by atoms with Crippen molar-refractivity contribution in [3.63, 3.8) is 0 Å². The van der Waals surface area contributed by atoms with Crippen molar-refractivity contribution in [2.45, 2.75) is 6.92 Å². The molecule has 0 fully saturated rings. The molecule has 0 aromatic heterocycles. The van der Waals surface area contributed by atoms with Gasteiger partial charge in [-0.1, -0.05) is 48.5 Å². The number of ether oxygens (including phenoxy) is 1. The maximum atomic E-state index is 11.6. The standard InChI is InChI=1S/C18H18N2O2/c1-15-7-5-11-17(13-15)22-14-18(21)20-19-12-6-10-16-8-3-2-4-9-16/h2-13H,14H2,1H3,(H,20,21)/b10-6+,19-12?. The maximum Gasteiger partial charge on any atom is 0.277 e. The lowest BCUT2D eigenvalue weighted by atomic mass is 10.2. The molecular formula is C18H18N2O2. The number of aryl methyl sites for hydroxylation is 1. The van der Waals surface area contributed by atoms with Crippen LogP contribution in [0.1, 0.15) is 11.1 Å². The summed E-state index contributed by atoms with van der Waals surface area (Å²) in [5.41, 5.74) is 4.57. The normalized spacial score (nSPS) is 11.0. The number of hydrogen-bond donors (Lipinski definition) is 1. The molecule has 0 saturated heterocycles. The van der Waals surface area contributed by atoms with E-state index < -0.39 is 0 Å². The number of amides is 1. The fraction of sp³-hybridized carbons (Fsp3) is 0.111. The summed E-state index contributed by atoms with van der Waals surface area (Å²) in [7, 11) is 0. The van der Waals surface area contributed by atoms with Crippen molar-refractivity contribution < 1.29 is 9.53 Å². The van der Waals surface area contributed by atoms with Crippen molar-refractivity contribution in [1.82, 2.24) is 5.43 Å². The predicted octanol–water partition coefficient (Wildman–Crippen LogP) is 3.19. The third-order valence-corrected chi connectivity index (χ3v) is 2.80. The molecule has 2 aromatic rings. The van der Waals surface area contributed by atoms with E-state index >= 15 is 0 Å². The number of allylic oxidation sites excluding steroid dienone is 1. The topological polar surface area (TPSA) is 50.7 Å². The molecule has 22 heavy (non-hydrogen) atoms. The van der Waals surface area contributed by atoms with Crippen LogP contribution in [0.15, 0.2) is 65.8 Å². The van der Waals surface area contributed by atoms with Gasteiger partial charge in [-0.2, -0.15) is 5.10 Å². The predicted molar refractivity (Wildman–Crippen MR) is 88.8 cm³/mol. The highest BCUT2D eigenvalue weighted by molar-refractivity contribution is 5.81. The molecule has 0 unspecified atom stereocenters. The Balaban J connectivity index is 1.71. The Morgan fingerprint density at radius 3 is 2.77 bits per heavy atom. The number of rotatable bonds is 6. The SMILES string of the molecule is Cc1cccc(OCC(=O)NN=C/C=C/c2ccccc2)c1. The highest BCUT2D eigenvalue weighted by Gasteiger charge is 2.00. The summed E-state index contributed by atoms with van der Waals surface area (Å²) in [5.74, 6) is 0.369. The highest BCUT2D eigenvalue weighted by Crippen LogP contribution is 2.11. The molecule has 0 bridgehead atoms. The van der Waals surface area contributed by atoms with Crippen LogP contribution < -0.4 is 10.2 Å². The van der Waals surface area contributed by atoms with E-state index in [9.17, 15) is 4.79 Å². The number of benzene rings is 2. The zero-order valence-corrected chi connectivity index (χ0v) is 12.4. The first kappa shape index (κ1) is 15.5. The molecule has 2 aromatic carbocycles. The van der Waals surface area contributed by atoms with Gasteiger partial charge >= 0.3 is 0 Å². The van der Waals surface area contributed by atoms with Crippen molar-refractivity contribution in [2.24, 2.45) is 5.10 Å². The van der Waals surface area contributed by atoms with Gasteiger partial charge in [-0.25, -0.2) is 5.43 Å². The van der Waals surface area contributed by atoms with Gasteiger partial charge in [0.25, 0.3) is 5.91 Å². The van der Waals surface area contributed by atoms with E-state index in [0.29, 0.717) is 5.75 Å². The van der Waals surface area contributed by atoms with E-state index in [1.54, 1.807) is 6.08 Å². The first-order valence-electron chi connectivity index (χ1n) is 6.97. The van der Waals surface area contributed by atoms with Gasteiger partial charge in [0.15, 0.2) is 6.61 Å². The maximum absolute atomic E-state index is 11.6. The van der Waals surface area contributed by atoms with E-state index in [1.807, 2.05) is 67.6 Å². The van der Waals surface area contributed by atoms with Crippen molar-refractivity contribution >= 4 is 18.2 Å². The monoisotopic (exact) mass is 294 g/mol. The van der Waals surface area contributed by atoms with E-state index in [4.69, 9.17) is 4.74 Å². The van der Waals surface area contributed by atoms with Crippen LogP contribution in [0.3, 0.4) is 0 Å². The van der Waals surface area contributed by atoms with Crippen molar-refractivity contribution in [3.05, 3.63) is 71.8 Å². The number of nitrogens with one attached hydrogen (secondary N) is 1. The molecule has 4 heteroatoms. The van der Waals surface area contributed by atoms with Crippen LogP contribution in [-0.4, -0.2) is 18.7 Å². The molecule has 112 valence electrons. The molecule has 0 aliphatic rings. The average Bonchev–Trinajstić information content (AvgIpc) is 2.54. The first-order chi connectivity index (χ1) is 10.7. The smallest absolute Gasteiger partial charge is 0.277 e. The first-order valence-corrected chi connectivity index (χ1v) is 6.97. The van der Waals surface area contributed by atoms with Gasteiger partial charge in [0.2, 0.25) is 0 Å². The molecule has 0 spiro atoms. The molecule has 0 atom stereocenters. The molecule has 1 amide bonds. The molecule has 0 heterocycles. The molecular weight excluding hydrogens is 276 g/mol. The van der Waals surface area contributed by atoms with Crippen LogP contribution in [0.25, 0.3) is 6.08 Å². The molecule has 0 aliphatic heterocycles. The Morgan fingerprint density at radius 1 is 1.18 bits per heavy atom. The zero-order chi connectivity index (χ0) is 15.6. The Kier molecular flexibility index (Phi) is 5.93. The Hall–Kier alpha value is -2.88. The van der Waals surface area contributed by atoms with Crippen LogP contribution in [0, 0.1) is 6.92 Å². The summed E-state index contributed by atoms with van der Waals surface area (Å²) in [6.45, 7) is 1.90. The van der Waals surface area contributed by atoms with Crippen LogP contribution in [0.2, 0.25) is 0 Å². The largest absolute Gasteiger partial charge is 0.484 e. The number of carbonyl (C=O) groups is 1. The minimum absolute atomic E-state index is 0.0663. The second-order valence-electron chi connectivity index (χ2n) is 4.69. The van der Waals surface area contributed by atoms with Gasteiger partial charge in [-0.15, -0.1) is 0 Å². The van der Waals surface area contributed by atoms with Gasteiger partial charge in [0, 0.05) is 6.21 Å². The zero-order valence-electron chi connectivity index (χ0n) is 12.4. The Morgan fingerprint density at radius 2 is 2.00 bits per heavy atom. The molecule has 0 radical (unpaired) electrons. The number of hydrogen-bond acceptors (Lipinski definition) is 3. The van der Waals surface area contributed by atoms with Gasteiger partial charge < -0.3 is 4.74 Å². The van der Waals surface area contributed by atoms with E-state index in [1.165, 1.54) is 6.21 Å². The minimum atomic E-state index is -0.300. The molecule has 4 nitrogen and oxygen atoms in total. The second-order valence-corrected chi connectivity index (χ2v) is 4.69. The summed E-state index contributed by atoms with van der Waals surface area (Å²) < 4.78 is 5.37. The summed E-state index contributed by atoms with van der Waals surface area (Å²) >= 11 is 0. The quantitative estimate of drug-likeness (QED) is 0.657. The van der Waals surface area contributed by atoms with Crippen LogP contribution >= 0.6 is 0 Å². The van der Waals surface area contributed by atoms with Crippen molar-refractivity contribution in [1.29, 1.82) is 0 Å². The number of hydrazone groups is 1. The fourth-order valence-corrected chi connectivity index (χ4v) is 1.76. The molecule has 1 N–H and O–H groups in total. The van der Waals surface area contributed by atoms with E-state index in [-0.39, 0.29) is 12.5 Å². The number of carbonyl (C=O) groups excluding carboxylic acids is 1. The van der Waals surface area contributed by atoms with Gasteiger partial charge in [0.1, 0.15) is 5.75 Å². The third kappa shape index (κ3) is 5.63. The Bertz CT molecular complexity index is 664. The average molecular weight is 294 g/mol. The van der Waals surface area contributed by atoms with E-state index in [2.05, 4.69) is 10.5 Å². The lowest BCUT2D eigenvalue weighted by Crippen LogP contribution is -2.24. The van der Waals surface area contributed by atoms with Crippen molar-refractivity contribution in [3.8, 4) is 5.75 Å². The second kappa shape index (κ2) is 8.42. The lowest BCUT2D eigenvalue weighted by Gasteiger charge is -2.05. The molecule has 2 rings (SSSR count). The third-order valence-electron chi connectivity index (χ3n) is 2.80. The summed E-state index contributed by atoms with van der Waals surface area (Å²) in [6.07, 6.45) is 5.19. The fourth-order valence-electron chi connectivity index (χ4n) is 1.76. The molecule has 0 aliphatic carbocycles. The van der Waals surface area contributed by atoms with Crippen molar-refractivity contribution in [2.75, 3.05) is 6.61 Å². The molecule has 0 saturated carbocycles. The highest BCUT2D eigenvalue weighted by atomic mass is 16.5. The van der Waals surface area contributed by atoms with E-state index in [0.717, 1.165) is 11.1 Å².